The Morgan fingerprint density at radius 3 is 2.57 bits per heavy atom. The van der Waals surface area contributed by atoms with Gasteiger partial charge in [0.15, 0.2) is 0 Å². The van der Waals surface area contributed by atoms with Crippen LogP contribution in [0.2, 0.25) is 0 Å². The van der Waals surface area contributed by atoms with E-state index in [0.717, 1.165) is 30.0 Å². The number of rotatable bonds is 7. The van der Waals surface area contributed by atoms with Gasteiger partial charge in [0.2, 0.25) is 5.89 Å². The van der Waals surface area contributed by atoms with Crippen molar-refractivity contribution in [2.75, 3.05) is 13.2 Å². The highest BCUT2D eigenvalue weighted by Crippen LogP contribution is 2.25. The molecule has 0 aromatic carbocycles. The lowest BCUT2D eigenvalue weighted by Gasteiger charge is -2.24. The Kier molecular flexibility index (Phi) is 5.14. The number of nitrogens with zero attached hydrogens (tertiary/aromatic N) is 3. The monoisotopic (exact) mass is 293 g/mol. The summed E-state index contributed by atoms with van der Waals surface area (Å²) >= 11 is 0. The van der Waals surface area contributed by atoms with Gasteiger partial charge in [0.1, 0.15) is 11.5 Å². The average molecular weight is 293 g/mol. The molecule has 0 aliphatic heterocycles. The molecule has 2 aromatic rings. The number of aromatic nitrogens is 2. The predicted octanol–water partition coefficient (Wildman–Crippen LogP) is 2.54. The molecule has 0 saturated carbocycles. The zero-order chi connectivity index (χ0) is 15.4. The first-order valence-corrected chi connectivity index (χ1v) is 7.26. The minimum Gasteiger partial charge on any atom is -0.466 e. The van der Waals surface area contributed by atoms with E-state index in [1.54, 1.807) is 0 Å². The molecule has 6 nitrogen and oxygen atoms in total. The maximum absolute atomic E-state index is 8.96. The van der Waals surface area contributed by atoms with E-state index in [9.17, 15) is 0 Å². The number of aliphatic hydroxyl groups is 1. The molecule has 0 amide bonds. The normalized spacial score (nSPS) is 11.8. The Morgan fingerprint density at radius 2 is 2.00 bits per heavy atom. The van der Waals surface area contributed by atoms with Crippen molar-refractivity contribution in [3.63, 3.8) is 0 Å². The number of aliphatic hydroxyl groups excluding tert-OH is 1. The summed E-state index contributed by atoms with van der Waals surface area (Å²) in [4.78, 5) is 2.20. The lowest BCUT2D eigenvalue weighted by molar-refractivity contribution is 0.171. The number of hydrogen-bond donors (Lipinski definition) is 1. The Morgan fingerprint density at radius 1 is 1.24 bits per heavy atom. The third kappa shape index (κ3) is 3.92. The highest BCUT2D eigenvalue weighted by atomic mass is 16.4. The molecule has 21 heavy (non-hydrogen) atoms. The molecule has 0 unspecified atom stereocenters. The van der Waals surface area contributed by atoms with Crippen LogP contribution in [0.5, 0.6) is 0 Å². The molecule has 2 heterocycles. The number of hydrogen-bond acceptors (Lipinski definition) is 6. The first-order chi connectivity index (χ1) is 10.0. The molecule has 0 aliphatic rings. The summed E-state index contributed by atoms with van der Waals surface area (Å²) in [6.45, 7) is 9.57. The molecular weight excluding hydrogens is 270 g/mol. The van der Waals surface area contributed by atoms with Crippen LogP contribution in [0.1, 0.15) is 37.7 Å². The molecule has 2 rings (SSSR count). The Hall–Kier alpha value is -1.66. The highest BCUT2D eigenvalue weighted by molar-refractivity contribution is 5.55. The van der Waals surface area contributed by atoms with E-state index in [1.165, 1.54) is 0 Å². The molecule has 0 bridgehead atoms. The first kappa shape index (κ1) is 15.7. The van der Waals surface area contributed by atoms with Crippen molar-refractivity contribution in [3.8, 4) is 11.5 Å². The van der Waals surface area contributed by atoms with Gasteiger partial charge in [0.25, 0.3) is 5.89 Å². The summed E-state index contributed by atoms with van der Waals surface area (Å²) in [7, 11) is 0. The van der Waals surface area contributed by atoms with Gasteiger partial charge in [-0.25, -0.2) is 0 Å². The fourth-order valence-corrected chi connectivity index (χ4v) is 2.24. The number of aryl methyl sites for hydroxylation is 2. The molecule has 116 valence electrons. The van der Waals surface area contributed by atoms with Gasteiger partial charge >= 0.3 is 0 Å². The van der Waals surface area contributed by atoms with Gasteiger partial charge in [-0.1, -0.05) is 0 Å². The van der Waals surface area contributed by atoms with Gasteiger partial charge in [-0.2, -0.15) is 0 Å². The second-order valence-electron chi connectivity index (χ2n) is 5.47. The second kappa shape index (κ2) is 6.87. The van der Waals surface area contributed by atoms with Crippen LogP contribution in [-0.4, -0.2) is 39.4 Å². The summed E-state index contributed by atoms with van der Waals surface area (Å²) in [5.74, 6) is 2.68. The van der Waals surface area contributed by atoms with Gasteiger partial charge in [-0.3, -0.25) is 4.90 Å². The summed E-state index contributed by atoms with van der Waals surface area (Å²) in [6, 6.07) is 2.25. The molecule has 1 N–H and O–H groups in total. The van der Waals surface area contributed by atoms with Gasteiger partial charge in [0, 0.05) is 19.2 Å². The van der Waals surface area contributed by atoms with Crippen molar-refractivity contribution in [1.82, 2.24) is 15.1 Å². The summed E-state index contributed by atoms with van der Waals surface area (Å²) in [5, 5.41) is 17.2. The van der Waals surface area contributed by atoms with E-state index in [1.807, 2.05) is 19.9 Å². The molecule has 6 heteroatoms. The van der Waals surface area contributed by atoms with Crippen molar-refractivity contribution in [1.29, 1.82) is 0 Å². The first-order valence-electron chi connectivity index (χ1n) is 7.26. The smallest absolute Gasteiger partial charge is 0.251 e. The molecule has 0 fully saturated rings. The fraction of sp³-hybridized carbons (Fsp3) is 0.600. The van der Waals surface area contributed by atoms with E-state index >= 15 is 0 Å². The topological polar surface area (TPSA) is 75.5 Å². The van der Waals surface area contributed by atoms with Crippen LogP contribution in [0.15, 0.2) is 14.9 Å². The molecule has 0 atom stereocenters. The van der Waals surface area contributed by atoms with Crippen molar-refractivity contribution in [2.45, 2.75) is 46.7 Å². The van der Waals surface area contributed by atoms with E-state index in [0.29, 0.717) is 24.4 Å². The Bertz CT molecular complexity index is 574. The SMILES string of the molecule is Cc1cc(-c2nnc(CN(CCCO)C(C)C)o2)c(C)o1. The van der Waals surface area contributed by atoms with Crippen LogP contribution in [0, 0.1) is 13.8 Å². The standard InChI is InChI=1S/C15H23N3O3/c1-10(2)18(6-5-7-19)9-14-16-17-15(21-14)13-8-11(3)20-12(13)4/h8,10,19H,5-7,9H2,1-4H3. The molecule has 0 aliphatic carbocycles. The summed E-state index contributed by atoms with van der Waals surface area (Å²) < 4.78 is 11.2. The molecule has 0 spiro atoms. The minimum atomic E-state index is 0.186. The Balaban J connectivity index is 2.10. The van der Waals surface area contributed by atoms with E-state index in [-0.39, 0.29) is 6.61 Å². The minimum absolute atomic E-state index is 0.186. The maximum atomic E-state index is 8.96. The van der Waals surface area contributed by atoms with Gasteiger partial charge in [-0.15, -0.1) is 10.2 Å². The van der Waals surface area contributed by atoms with Crippen LogP contribution >= 0.6 is 0 Å². The molecule has 0 radical (unpaired) electrons. The van der Waals surface area contributed by atoms with Gasteiger partial charge < -0.3 is 13.9 Å². The predicted molar refractivity (Wildman–Crippen MR) is 78.7 cm³/mol. The largest absolute Gasteiger partial charge is 0.466 e. The van der Waals surface area contributed by atoms with Crippen molar-refractivity contribution in [3.05, 3.63) is 23.5 Å². The quantitative estimate of drug-likeness (QED) is 0.845. The van der Waals surface area contributed by atoms with Crippen molar-refractivity contribution in [2.24, 2.45) is 0 Å². The third-order valence-corrected chi connectivity index (χ3v) is 3.41. The summed E-state index contributed by atoms with van der Waals surface area (Å²) in [5.41, 5.74) is 0.845. The van der Waals surface area contributed by atoms with E-state index < -0.39 is 0 Å². The Labute approximate surface area is 124 Å². The maximum Gasteiger partial charge on any atom is 0.251 e. The van der Waals surface area contributed by atoms with Gasteiger partial charge in [-0.05, 0) is 40.2 Å². The third-order valence-electron chi connectivity index (χ3n) is 3.41. The zero-order valence-electron chi connectivity index (χ0n) is 13.1. The van der Waals surface area contributed by atoms with E-state index in [2.05, 4.69) is 28.9 Å². The molecular formula is C15H23N3O3. The lowest BCUT2D eigenvalue weighted by Crippen LogP contribution is -2.31. The highest BCUT2D eigenvalue weighted by Gasteiger charge is 2.17. The fourth-order valence-electron chi connectivity index (χ4n) is 2.24. The van der Waals surface area contributed by atoms with Crippen LogP contribution in [0.3, 0.4) is 0 Å². The summed E-state index contributed by atoms with van der Waals surface area (Å²) in [6.07, 6.45) is 0.735. The van der Waals surface area contributed by atoms with Crippen LogP contribution in [0.25, 0.3) is 11.5 Å². The molecule has 0 saturated heterocycles. The van der Waals surface area contributed by atoms with Crippen molar-refractivity contribution >= 4 is 0 Å². The molecule has 2 aromatic heterocycles. The van der Waals surface area contributed by atoms with Crippen LogP contribution in [0.4, 0.5) is 0 Å². The van der Waals surface area contributed by atoms with E-state index in [4.69, 9.17) is 13.9 Å². The van der Waals surface area contributed by atoms with Gasteiger partial charge in [0.05, 0.1) is 12.1 Å². The average Bonchev–Trinajstić information content (AvgIpc) is 3.00. The van der Waals surface area contributed by atoms with Crippen molar-refractivity contribution < 1.29 is 13.9 Å². The van der Waals surface area contributed by atoms with Crippen LogP contribution in [-0.2, 0) is 6.54 Å². The lowest BCUT2D eigenvalue weighted by atomic mass is 10.2. The number of furan rings is 1. The van der Waals surface area contributed by atoms with Crippen LogP contribution < -0.4 is 0 Å². The second-order valence-corrected chi connectivity index (χ2v) is 5.47. The zero-order valence-corrected chi connectivity index (χ0v) is 13.1.